The van der Waals surface area contributed by atoms with Gasteiger partial charge in [0.25, 0.3) is 0 Å². The molecule has 242 valence electrons. The number of amides is 1. The maximum absolute atomic E-state index is 13.5. The highest BCUT2D eigenvalue weighted by molar-refractivity contribution is 5.93. The summed E-state index contributed by atoms with van der Waals surface area (Å²) < 4.78 is 10.7. The van der Waals surface area contributed by atoms with Crippen LogP contribution in [0.1, 0.15) is 121 Å². The number of hydrogen-bond donors (Lipinski definition) is 1. The summed E-state index contributed by atoms with van der Waals surface area (Å²) in [5.74, 6) is 0.850. The lowest BCUT2D eigenvalue weighted by Crippen LogP contribution is -2.32. The Hall–Kier alpha value is -3.60. The minimum atomic E-state index is -0.0801. The van der Waals surface area contributed by atoms with E-state index in [9.17, 15) is 4.79 Å². The number of nitrogens with one attached hydrogen (secondary N) is 1. The highest BCUT2D eigenvalue weighted by Gasteiger charge is 2.23. The number of nitrogens with zero attached hydrogens (tertiary/aromatic N) is 2. The van der Waals surface area contributed by atoms with E-state index in [2.05, 4.69) is 78.8 Å². The number of fused-ring (bicyclic) bond motifs is 1. The van der Waals surface area contributed by atoms with Crippen LogP contribution in [0.4, 0.5) is 5.69 Å². The van der Waals surface area contributed by atoms with Crippen molar-refractivity contribution in [2.24, 2.45) is 0 Å². The molecule has 0 saturated heterocycles. The minimum Gasteiger partial charge on any atom is -0.493 e. The number of imidazole rings is 1. The van der Waals surface area contributed by atoms with Crippen LogP contribution in [-0.2, 0) is 23.2 Å². The third-order valence-corrected chi connectivity index (χ3v) is 8.64. The lowest BCUT2D eigenvalue weighted by molar-refractivity contribution is -0.686. The normalized spacial score (nSPS) is 11.6. The molecule has 0 radical (unpaired) electrons. The fraction of sp³-hybridized carbons (Fsp3) is 0.500. The second-order valence-electron chi connectivity index (χ2n) is 13.6. The van der Waals surface area contributed by atoms with E-state index in [4.69, 9.17) is 4.74 Å². The maximum Gasteiger partial charge on any atom is 0.249 e. The summed E-state index contributed by atoms with van der Waals surface area (Å²) in [6.07, 6.45) is 22.4. The second kappa shape index (κ2) is 17.8. The molecule has 2 aromatic carbocycles. The van der Waals surface area contributed by atoms with Gasteiger partial charge in [0.2, 0.25) is 12.2 Å². The van der Waals surface area contributed by atoms with E-state index in [1.165, 1.54) is 70.6 Å². The number of rotatable bonds is 19. The fourth-order valence-electron chi connectivity index (χ4n) is 6.08. The molecule has 0 atom stereocenters. The molecule has 5 nitrogen and oxygen atoms in total. The van der Waals surface area contributed by atoms with E-state index in [-0.39, 0.29) is 17.7 Å². The summed E-state index contributed by atoms with van der Waals surface area (Å²) in [6.45, 7) is 10.3. The van der Waals surface area contributed by atoms with Gasteiger partial charge in [0.1, 0.15) is 18.5 Å². The number of hydrogen-bond acceptors (Lipinski definition) is 2. The zero-order valence-electron chi connectivity index (χ0n) is 28.3. The number of aromatic nitrogens is 2. The highest BCUT2D eigenvalue weighted by Crippen LogP contribution is 2.35. The Bertz CT molecular complexity index is 1430. The van der Waals surface area contributed by atoms with Gasteiger partial charge in [-0.1, -0.05) is 141 Å². The van der Waals surface area contributed by atoms with E-state index < -0.39 is 0 Å². The van der Waals surface area contributed by atoms with Crippen LogP contribution in [0.5, 0.6) is 5.75 Å². The summed E-state index contributed by atoms with van der Waals surface area (Å²) in [4.78, 5) is 13.5. The van der Waals surface area contributed by atoms with Gasteiger partial charge in [0.15, 0.2) is 5.52 Å². The number of unbranched alkanes of at least 4 members (excludes halogenated alkanes) is 11. The van der Waals surface area contributed by atoms with E-state index in [1.807, 2.05) is 42.6 Å². The molecule has 45 heavy (non-hydrogen) atoms. The van der Waals surface area contributed by atoms with Crippen LogP contribution in [-0.4, -0.2) is 16.9 Å². The van der Waals surface area contributed by atoms with Crippen LogP contribution in [0.15, 0.2) is 79.4 Å². The topological polar surface area (TPSA) is 46.6 Å². The Balaban J connectivity index is 1.30. The zero-order valence-corrected chi connectivity index (χ0v) is 28.3. The van der Waals surface area contributed by atoms with E-state index in [0.29, 0.717) is 13.2 Å². The standard InChI is InChI=1S/C40H55N3O2/c1-5-6-7-8-9-10-11-12-13-14-15-20-28-45-39-33(23-21-25-36(39)40(2,3)4)29-38(44)41-37-26-17-16-22-34(37)30-42-31-35-24-18-19-27-43(35)32-42/h16-19,21-27,31-32H,5-15,20,28-30H2,1-4H3/p+1. The number of anilines is 1. The highest BCUT2D eigenvalue weighted by atomic mass is 16.5. The predicted molar refractivity (Wildman–Crippen MR) is 187 cm³/mol. The number of ether oxygens (including phenoxy) is 1. The van der Waals surface area contributed by atoms with Crippen molar-refractivity contribution in [1.82, 2.24) is 4.40 Å². The number of carbonyl (C=O) groups is 1. The molecule has 4 aromatic rings. The van der Waals surface area contributed by atoms with Crippen LogP contribution in [0.25, 0.3) is 5.52 Å². The van der Waals surface area contributed by atoms with Crippen molar-refractivity contribution in [1.29, 1.82) is 0 Å². The summed E-state index contributed by atoms with van der Waals surface area (Å²) in [5.41, 5.74) is 5.07. The van der Waals surface area contributed by atoms with Crippen molar-refractivity contribution in [2.75, 3.05) is 11.9 Å². The summed E-state index contributed by atoms with van der Waals surface area (Å²) in [5, 5.41) is 3.20. The number of benzene rings is 2. The van der Waals surface area contributed by atoms with Crippen molar-refractivity contribution < 1.29 is 14.1 Å². The molecule has 0 fully saturated rings. The summed E-state index contributed by atoms with van der Waals surface area (Å²) in [6, 6.07) is 20.5. The Morgan fingerprint density at radius 1 is 0.778 bits per heavy atom. The van der Waals surface area contributed by atoms with Gasteiger partial charge in [-0.05, 0) is 35.6 Å². The van der Waals surface area contributed by atoms with Gasteiger partial charge in [-0.3, -0.25) is 4.79 Å². The van der Waals surface area contributed by atoms with Gasteiger partial charge < -0.3 is 10.1 Å². The first-order valence-corrected chi connectivity index (χ1v) is 17.4. The Kier molecular flexibility index (Phi) is 13.5. The smallest absolute Gasteiger partial charge is 0.249 e. The zero-order chi connectivity index (χ0) is 31.9. The molecule has 1 amide bonds. The Morgan fingerprint density at radius 2 is 1.42 bits per heavy atom. The summed E-state index contributed by atoms with van der Waals surface area (Å²) >= 11 is 0. The van der Waals surface area contributed by atoms with Gasteiger partial charge >= 0.3 is 0 Å². The molecule has 2 heterocycles. The molecule has 0 unspecified atom stereocenters. The average molecular weight is 611 g/mol. The van der Waals surface area contributed by atoms with Gasteiger partial charge in [0, 0.05) is 16.8 Å². The van der Waals surface area contributed by atoms with Crippen molar-refractivity contribution >= 4 is 17.1 Å². The van der Waals surface area contributed by atoms with E-state index in [1.54, 1.807) is 0 Å². The van der Waals surface area contributed by atoms with Crippen LogP contribution in [0.2, 0.25) is 0 Å². The quantitative estimate of drug-likeness (QED) is 0.0848. The van der Waals surface area contributed by atoms with Crippen molar-refractivity contribution in [3.63, 3.8) is 0 Å². The van der Waals surface area contributed by atoms with Gasteiger partial charge in [-0.2, -0.15) is 0 Å². The fourth-order valence-corrected chi connectivity index (χ4v) is 6.08. The number of para-hydroxylation sites is 2. The predicted octanol–water partition coefficient (Wildman–Crippen LogP) is 9.83. The number of pyridine rings is 1. The van der Waals surface area contributed by atoms with Crippen molar-refractivity contribution in [3.05, 3.63) is 96.1 Å². The molecular weight excluding hydrogens is 554 g/mol. The third kappa shape index (κ3) is 11.1. The molecule has 0 aliphatic carbocycles. The van der Waals surface area contributed by atoms with Gasteiger partial charge in [-0.25, -0.2) is 8.97 Å². The lowest BCUT2D eigenvalue weighted by atomic mass is 9.84. The average Bonchev–Trinajstić information content (AvgIpc) is 3.43. The molecule has 1 N–H and O–H groups in total. The SMILES string of the molecule is CCCCCCCCCCCCCCOc1c(CC(=O)Nc2ccccc2C[n+]2cc3ccccn3c2)cccc1C(C)(C)C. The molecule has 5 heteroatoms. The lowest BCUT2D eigenvalue weighted by Gasteiger charge is -2.25. The largest absolute Gasteiger partial charge is 0.493 e. The van der Waals surface area contributed by atoms with Gasteiger partial charge in [-0.15, -0.1) is 0 Å². The van der Waals surface area contributed by atoms with Crippen molar-refractivity contribution in [3.8, 4) is 5.75 Å². The Labute approximate surface area is 272 Å². The van der Waals surface area contributed by atoms with E-state index >= 15 is 0 Å². The molecule has 0 saturated carbocycles. The molecule has 4 rings (SSSR count). The third-order valence-electron chi connectivity index (χ3n) is 8.64. The minimum absolute atomic E-state index is 0.0317. The second-order valence-corrected chi connectivity index (χ2v) is 13.6. The van der Waals surface area contributed by atoms with Crippen LogP contribution < -0.4 is 14.6 Å². The van der Waals surface area contributed by atoms with Crippen LogP contribution in [0.3, 0.4) is 0 Å². The number of carbonyl (C=O) groups excluding carboxylic acids is 1. The molecule has 2 aromatic heterocycles. The van der Waals surface area contributed by atoms with E-state index in [0.717, 1.165) is 40.1 Å². The monoisotopic (exact) mass is 610 g/mol. The van der Waals surface area contributed by atoms with Crippen LogP contribution >= 0.6 is 0 Å². The van der Waals surface area contributed by atoms with Gasteiger partial charge in [0.05, 0.1) is 19.2 Å². The summed E-state index contributed by atoms with van der Waals surface area (Å²) in [7, 11) is 0. The Morgan fingerprint density at radius 3 is 2.11 bits per heavy atom. The molecule has 0 bridgehead atoms. The maximum atomic E-state index is 13.5. The van der Waals surface area contributed by atoms with Crippen molar-refractivity contribution in [2.45, 2.75) is 123 Å². The van der Waals surface area contributed by atoms with Crippen LogP contribution in [0, 0.1) is 0 Å². The first kappa shape index (κ1) is 34.3. The molecule has 0 aliphatic heterocycles. The first-order chi connectivity index (χ1) is 21.8. The molecular formula is C40H56N3O2+. The molecule has 0 aliphatic rings. The molecule has 0 spiro atoms. The first-order valence-electron chi connectivity index (χ1n) is 17.4.